The summed E-state index contributed by atoms with van der Waals surface area (Å²) in [5.74, 6) is 1.57. The van der Waals surface area contributed by atoms with Crippen LogP contribution in [0.15, 0.2) is 54.9 Å². The summed E-state index contributed by atoms with van der Waals surface area (Å²) in [5, 5.41) is 0.953. The summed E-state index contributed by atoms with van der Waals surface area (Å²) in [5.41, 5.74) is 8.50. The molecule has 2 aromatic carbocycles. The summed E-state index contributed by atoms with van der Waals surface area (Å²) >= 11 is 12.4. The van der Waals surface area contributed by atoms with Gasteiger partial charge in [0.25, 0.3) is 0 Å². The molecule has 8 nitrogen and oxygen atoms in total. The molecule has 1 saturated heterocycles. The smallest absolute Gasteiger partial charge is 0.225 e. The molecular weight excluding hydrogens is 513 g/mol. The predicted molar refractivity (Wildman–Crippen MR) is 146 cm³/mol. The third-order valence-electron chi connectivity index (χ3n) is 6.32. The first kappa shape index (κ1) is 27.1. The summed E-state index contributed by atoms with van der Waals surface area (Å²) in [6, 6.07) is 13.1. The summed E-state index contributed by atoms with van der Waals surface area (Å²) in [4.78, 5) is 24.8. The maximum atomic E-state index is 11.9. The standard InChI is InChI=1S/C27H31Cl2N5O3/c1-19-15-23(28)25(24(29)16-19)37-14-13-36-22-5-3-20(4-6-22)17-21(18-35)26(30)33-9-11-34(12-10-33)27-31-7-2-8-32-27/h2-8,15-16,18,21,26H,9-14,17,30H2,1H3. The number of halogens is 2. The van der Waals surface area contributed by atoms with E-state index in [0.717, 1.165) is 49.5 Å². The molecule has 0 amide bonds. The molecule has 0 bridgehead atoms. The topological polar surface area (TPSA) is 93.8 Å². The Hall–Kier alpha value is -2.91. The molecular formula is C27H31Cl2N5O3. The highest BCUT2D eigenvalue weighted by Gasteiger charge is 2.28. The number of benzene rings is 2. The third-order valence-corrected chi connectivity index (χ3v) is 6.88. The van der Waals surface area contributed by atoms with E-state index in [4.69, 9.17) is 38.4 Å². The van der Waals surface area contributed by atoms with Crippen LogP contribution in [0.1, 0.15) is 11.1 Å². The molecule has 2 N–H and O–H groups in total. The predicted octanol–water partition coefficient (Wildman–Crippen LogP) is 4.01. The van der Waals surface area contributed by atoms with Crippen molar-refractivity contribution in [2.75, 3.05) is 44.3 Å². The van der Waals surface area contributed by atoms with E-state index in [1.807, 2.05) is 31.2 Å². The number of nitrogens with two attached hydrogens (primary N) is 1. The molecule has 1 aliphatic rings. The molecule has 196 valence electrons. The van der Waals surface area contributed by atoms with Gasteiger partial charge in [-0.05, 0) is 54.8 Å². The van der Waals surface area contributed by atoms with E-state index in [0.29, 0.717) is 41.2 Å². The Balaban J connectivity index is 1.23. The molecule has 2 heterocycles. The molecule has 0 spiro atoms. The first-order valence-corrected chi connectivity index (χ1v) is 13.0. The van der Waals surface area contributed by atoms with Crippen LogP contribution in [-0.4, -0.2) is 66.7 Å². The number of anilines is 1. The van der Waals surface area contributed by atoms with Crippen molar-refractivity contribution < 1.29 is 14.3 Å². The van der Waals surface area contributed by atoms with Crippen molar-refractivity contribution in [3.63, 3.8) is 0 Å². The minimum Gasteiger partial charge on any atom is -0.490 e. The Bertz CT molecular complexity index is 1140. The molecule has 1 fully saturated rings. The minimum atomic E-state index is -0.357. The van der Waals surface area contributed by atoms with Gasteiger partial charge in [-0.2, -0.15) is 0 Å². The van der Waals surface area contributed by atoms with Crippen LogP contribution in [0.2, 0.25) is 10.0 Å². The van der Waals surface area contributed by atoms with E-state index >= 15 is 0 Å². The Morgan fingerprint density at radius 1 is 1.00 bits per heavy atom. The van der Waals surface area contributed by atoms with E-state index in [1.54, 1.807) is 30.6 Å². The maximum Gasteiger partial charge on any atom is 0.225 e. The summed E-state index contributed by atoms with van der Waals surface area (Å²) in [6.07, 6.45) is 4.64. The van der Waals surface area contributed by atoms with Gasteiger partial charge in [-0.3, -0.25) is 4.90 Å². The fourth-order valence-corrected chi connectivity index (χ4v) is 5.02. The van der Waals surface area contributed by atoms with Gasteiger partial charge in [0.2, 0.25) is 5.95 Å². The van der Waals surface area contributed by atoms with Gasteiger partial charge in [0.1, 0.15) is 25.2 Å². The Labute approximate surface area is 227 Å². The summed E-state index contributed by atoms with van der Waals surface area (Å²) in [6.45, 7) is 5.58. The molecule has 2 unspecified atom stereocenters. The second-order valence-corrected chi connectivity index (χ2v) is 9.78. The lowest BCUT2D eigenvalue weighted by Crippen LogP contribution is -2.56. The average molecular weight is 544 g/mol. The SMILES string of the molecule is Cc1cc(Cl)c(OCCOc2ccc(CC(C=O)C(N)N3CCN(c4ncccn4)CC3)cc2)c(Cl)c1. The maximum absolute atomic E-state index is 11.9. The molecule has 2 atom stereocenters. The van der Waals surface area contributed by atoms with Gasteiger partial charge in [-0.1, -0.05) is 35.3 Å². The molecule has 10 heteroatoms. The number of carbonyl (C=O) groups excluding carboxylic acids is 1. The van der Waals surface area contributed by atoms with Gasteiger partial charge < -0.3 is 24.9 Å². The van der Waals surface area contributed by atoms with Gasteiger partial charge in [0.15, 0.2) is 5.75 Å². The largest absolute Gasteiger partial charge is 0.490 e. The monoisotopic (exact) mass is 543 g/mol. The molecule has 0 aliphatic carbocycles. The van der Waals surface area contributed by atoms with Gasteiger partial charge >= 0.3 is 0 Å². The number of piperazine rings is 1. The number of hydrogen-bond donors (Lipinski definition) is 1. The van der Waals surface area contributed by atoms with Crippen LogP contribution >= 0.6 is 23.2 Å². The lowest BCUT2D eigenvalue weighted by Gasteiger charge is -2.39. The lowest BCUT2D eigenvalue weighted by molar-refractivity contribution is -0.113. The second kappa shape index (κ2) is 13.1. The van der Waals surface area contributed by atoms with Crippen LogP contribution in [0.25, 0.3) is 0 Å². The highest BCUT2D eigenvalue weighted by molar-refractivity contribution is 6.37. The molecule has 0 saturated carbocycles. The van der Waals surface area contributed by atoms with Crippen LogP contribution in [0.4, 0.5) is 5.95 Å². The van der Waals surface area contributed by atoms with Crippen LogP contribution in [0.3, 0.4) is 0 Å². The molecule has 4 rings (SSSR count). The molecule has 3 aromatic rings. The highest BCUT2D eigenvalue weighted by atomic mass is 35.5. The van der Waals surface area contributed by atoms with E-state index in [2.05, 4.69) is 19.8 Å². The third kappa shape index (κ3) is 7.32. The number of aryl methyl sites for hydroxylation is 1. The van der Waals surface area contributed by atoms with Crippen molar-refractivity contribution in [3.8, 4) is 11.5 Å². The van der Waals surface area contributed by atoms with Crippen molar-refractivity contribution in [2.24, 2.45) is 11.7 Å². The van der Waals surface area contributed by atoms with Crippen LogP contribution in [-0.2, 0) is 11.2 Å². The van der Waals surface area contributed by atoms with Crippen molar-refractivity contribution in [3.05, 3.63) is 76.0 Å². The van der Waals surface area contributed by atoms with Gasteiger partial charge in [-0.15, -0.1) is 0 Å². The quantitative estimate of drug-likeness (QED) is 0.286. The number of nitrogens with zero attached hydrogens (tertiary/aromatic N) is 4. The Kier molecular flexibility index (Phi) is 9.57. The fourth-order valence-electron chi connectivity index (χ4n) is 4.32. The summed E-state index contributed by atoms with van der Waals surface area (Å²) in [7, 11) is 0. The van der Waals surface area contributed by atoms with E-state index < -0.39 is 0 Å². The van der Waals surface area contributed by atoms with E-state index in [1.165, 1.54) is 0 Å². The number of hydrogen-bond acceptors (Lipinski definition) is 8. The zero-order valence-electron chi connectivity index (χ0n) is 20.7. The molecule has 1 aromatic heterocycles. The van der Waals surface area contributed by atoms with Gasteiger partial charge in [0, 0.05) is 44.5 Å². The fraction of sp³-hybridized carbons (Fsp3) is 0.370. The molecule has 1 aliphatic heterocycles. The number of rotatable bonds is 11. The van der Waals surface area contributed by atoms with Crippen LogP contribution in [0.5, 0.6) is 11.5 Å². The Morgan fingerprint density at radius 3 is 2.24 bits per heavy atom. The first-order valence-electron chi connectivity index (χ1n) is 12.2. The number of aromatic nitrogens is 2. The molecule has 37 heavy (non-hydrogen) atoms. The normalized spacial score (nSPS) is 15.7. The lowest BCUT2D eigenvalue weighted by atomic mass is 9.96. The van der Waals surface area contributed by atoms with Crippen molar-refractivity contribution in [2.45, 2.75) is 19.5 Å². The summed E-state index contributed by atoms with van der Waals surface area (Å²) < 4.78 is 11.5. The van der Waals surface area contributed by atoms with Crippen molar-refractivity contribution in [1.82, 2.24) is 14.9 Å². The zero-order valence-corrected chi connectivity index (χ0v) is 22.2. The number of ether oxygens (including phenoxy) is 2. The number of aldehydes is 1. The van der Waals surface area contributed by atoms with E-state index in [-0.39, 0.29) is 12.1 Å². The van der Waals surface area contributed by atoms with Gasteiger partial charge in [0.05, 0.1) is 16.2 Å². The van der Waals surface area contributed by atoms with Gasteiger partial charge in [-0.25, -0.2) is 9.97 Å². The molecule has 0 radical (unpaired) electrons. The Morgan fingerprint density at radius 2 is 1.62 bits per heavy atom. The average Bonchev–Trinajstić information content (AvgIpc) is 2.91. The van der Waals surface area contributed by atoms with Crippen molar-refractivity contribution in [1.29, 1.82) is 0 Å². The van der Waals surface area contributed by atoms with Crippen LogP contribution in [0, 0.1) is 12.8 Å². The first-order chi connectivity index (χ1) is 17.9. The number of carbonyl (C=O) groups is 1. The highest BCUT2D eigenvalue weighted by Crippen LogP contribution is 2.34. The van der Waals surface area contributed by atoms with E-state index in [9.17, 15) is 4.79 Å². The second-order valence-electron chi connectivity index (χ2n) is 8.97. The van der Waals surface area contributed by atoms with Crippen molar-refractivity contribution >= 4 is 35.4 Å². The van der Waals surface area contributed by atoms with Crippen LogP contribution < -0.4 is 20.1 Å². The zero-order chi connectivity index (χ0) is 26.2. The minimum absolute atomic E-state index is 0.302.